The van der Waals surface area contributed by atoms with Gasteiger partial charge in [-0.3, -0.25) is 14.9 Å². The molecule has 0 saturated carbocycles. The van der Waals surface area contributed by atoms with Crippen molar-refractivity contribution >= 4 is 23.5 Å². The normalized spacial score (nSPS) is 16.7. The summed E-state index contributed by atoms with van der Waals surface area (Å²) in [6.45, 7) is 0.339. The number of nitrogens with zero attached hydrogens (tertiary/aromatic N) is 3. The maximum atomic E-state index is 12.8. The van der Waals surface area contributed by atoms with Gasteiger partial charge in [0.1, 0.15) is 0 Å². The maximum Gasteiger partial charge on any atom is 0.416 e. The van der Waals surface area contributed by atoms with Crippen LogP contribution in [-0.2, 0) is 11.0 Å². The number of halogens is 3. The fourth-order valence-electron chi connectivity index (χ4n) is 3.19. The summed E-state index contributed by atoms with van der Waals surface area (Å²) in [5.41, 5.74) is -0.384. The van der Waals surface area contributed by atoms with Crippen LogP contribution in [0, 0.1) is 0 Å². The second kappa shape index (κ2) is 7.62. The average molecular weight is 416 g/mol. The molecule has 1 aromatic heterocycles. The summed E-state index contributed by atoms with van der Waals surface area (Å²) in [4.78, 5) is 26.2. The lowest BCUT2D eigenvalue weighted by atomic mass is 10.1. The standard InChI is InChI=1S/C20H15F3N4O3/c21-20(22,23)14-6-4-5-12(9-14)17(29)24-19-26-25-18(30-19)13-10-16(28)27(11-13)15-7-2-1-3-8-15/h1-9,13H,10-11H2,(H,24,26,29). The van der Waals surface area contributed by atoms with Crippen molar-refractivity contribution in [1.82, 2.24) is 10.2 Å². The minimum absolute atomic E-state index is 0.0982. The molecule has 1 N–H and O–H groups in total. The first-order chi connectivity index (χ1) is 14.3. The molecule has 2 aromatic carbocycles. The summed E-state index contributed by atoms with van der Waals surface area (Å²) in [6, 6.07) is 12.9. The molecule has 30 heavy (non-hydrogen) atoms. The molecule has 0 spiro atoms. The Kier molecular flexibility index (Phi) is 4.98. The van der Waals surface area contributed by atoms with Crippen molar-refractivity contribution in [3.8, 4) is 0 Å². The summed E-state index contributed by atoms with van der Waals surface area (Å²) in [5.74, 6) is -1.10. The van der Waals surface area contributed by atoms with Crippen LogP contribution in [0.3, 0.4) is 0 Å². The number of rotatable bonds is 4. The van der Waals surface area contributed by atoms with E-state index in [0.717, 1.165) is 23.9 Å². The summed E-state index contributed by atoms with van der Waals surface area (Å²) >= 11 is 0. The Bertz CT molecular complexity index is 1080. The zero-order valence-corrected chi connectivity index (χ0v) is 15.4. The number of amides is 2. The number of benzene rings is 2. The lowest BCUT2D eigenvalue weighted by Crippen LogP contribution is -2.24. The first-order valence-corrected chi connectivity index (χ1v) is 8.98. The number of carbonyl (C=O) groups excluding carboxylic acids is 2. The molecule has 1 atom stereocenters. The molecule has 1 fully saturated rings. The number of nitrogens with one attached hydrogen (secondary N) is 1. The Hall–Kier alpha value is -3.69. The topological polar surface area (TPSA) is 88.3 Å². The van der Waals surface area contributed by atoms with Crippen LogP contribution < -0.4 is 10.2 Å². The quantitative estimate of drug-likeness (QED) is 0.698. The fraction of sp³-hybridized carbons (Fsp3) is 0.200. The van der Waals surface area contributed by atoms with E-state index >= 15 is 0 Å². The Balaban J connectivity index is 1.45. The van der Waals surface area contributed by atoms with E-state index < -0.39 is 17.6 Å². The minimum atomic E-state index is -4.56. The number of aromatic nitrogens is 2. The molecule has 3 aromatic rings. The zero-order valence-electron chi connectivity index (χ0n) is 15.4. The van der Waals surface area contributed by atoms with E-state index in [1.165, 1.54) is 6.07 Å². The van der Waals surface area contributed by atoms with Crippen molar-refractivity contribution in [2.75, 3.05) is 16.8 Å². The summed E-state index contributed by atoms with van der Waals surface area (Å²) in [6.07, 6.45) is -4.40. The molecule has 7 nitrogen and oxygen atoms in total. The van der Waals surface area contributed by atoms with Gasteiger partial charge in [-0.05, 0) is 30.3 Å². The third-order valence-corrected chi connectivity index (χ3v) is 4.66. The van der Waals surface area contributed by atoms with Crippen molar-refractivity contribution < 1.29 is 27.2 Å². The van der Waals surface area contributed by atoms with E-state index in [9.17, 15) is 22.8 Å². The van der Waals surface area contributed by atoms with E-state index in [-0.39, 0.29) is 35.7 Å². The molecule has 0 aliphatic carbocycles. The van der Waals surface area contributed by atoms with E-state index in [1.807, 2.05) is 30.3 Å². The van der Waals surface area contributed by atoms with E-state index in [0.29, 0.717) is 6.54 Å². The molecular weight excluding hydrogens is 401 g/mol. The van der Waals surface area contributed by atoms with Gasteiger partial charge < -0.3 is 9.32 Å². The maximum absolute atomic E-state index is 12.8. The number of anilines is 2. The van der Waals surface area contributed by atoms with Crippen LogP contribution >= 0.6 is 0 Å². The van der Waals surface area contributed by atoms with Crippen LogP contribution in [0.5, 0.6) is 0 Å². The minimum Gasteiger partial charge on any atom is -0.407 e. The summed E-state index contributed by atoms with van der Waals surface area (Å²) < 4.78 is 43.9. The van der Waals surface area contributed by atoms with Gasteiger partial charge in [-0.15, -0.1) is 5.10 Å². The molecule has 2 heterocycles. The zero-order chi connectivity index (χ0) is 21.3. The van der Waals surface area contributed by atoms with Gasteiger partial charge >= 0.3 is 12.2 Å². The molecule has 1 unspecified atom stereocenters. The van der Waals surface area contributed by atoms with Crippen molar-refractivity contribution in [3.63, 3.8) is 0 Å². The van der Waals surface area contributed by atoms with Gasteiger partial charge in [0.25, 0.3) is 5.91 Å². The average Bonchev–Trinajstić information content (AvgIpc) is 3.34. The van der Waals surface area contributed by atoms with E-state index in [2.05, 4.69) is 15.5 Å². The molecule has 4 rings (SSSR count). The van der Waals surface area contributed by atoms with Gasteiger partial charge in [-0.25, -0.2) is 0 Å². The van der Waals surface area contributed by atoms with Gasteiger partial charge in [-0.2, -0.15) is 13.2 Å². The summed E-state index contributed by atoms with van der Waals surface area (Å²) in [7, 11) is 0. The second-order valence-electron chi connectivity index (χ2n) is 6.72. The molecule has 2 amide bonds. The van der Waals surface area contributed by atoms with Gasteiger partial charge in [0.2, 0.25) is 11.8 Å². The molecule has 0 radical (unpaired) electrons. The third kappa shape index (κ3) is 4.02. The molecule has 10 heteroatoms. The van der Waals surface area contributed by atoms with Crippen LogP contribution in [0.15, 0.2) is 59.0 Å². The number of carbonyl (C=O) groups is 2. The molecule has 0 bridgehead atoms. The van der Waals surface area contributed by atoms with Crippen LogP contribution in [0.1, 0.15) is 34.2 Å². The Morgan fingerprint density at radius 3 is 2.60 bits per heavy atom. The highest BCUT2D eigenvalue weighted by Crippen LogP contribution is 2.32. The van der Waals surface area contributed by atoms with Gasteiger partial charge in [0, 0.05) is 24.2 Å². The highest BCUT2D eigenvalue weighted by atomic mass is 19.4. The number of hydrogen-bond acceptors (Lipinski definition) is 5. The first kappa shape index (κ1) is 19.6. The van der Waals surface area contributed by atoms with Gasteiger partial charge in [-0.1, -0.05) is 29.4 Å². The smallest absolute Gasteiger partial charge is 0.407 e. The molecule has 1 aliphatic heterocycles. The predicted octanol–water partition coefficient (Wildman–Crippen LogP) is 3.86. The SMILES string of the molecule is O=C(Nc1nnc(C2CC(=O)N(c3ccccc3)C2)o1)c1cccc(C(F)(F)F)c1. The Morgan fingerprint density at radius 2 is 1.87 bits per heavy atom. The van der Waals surface area contributed by atoms with Crippen molar-refractivity contribution in [1.29, 1.82) is 0 Å². The Labute approximate surface area is 168 Å². The molecular formula is C20H15F3N4O3. The van der Waals surface area contributed by atoms with Gasteiger partial charge in [0.05, 0.1) is 11.5 Å². The first-order valence-electron chi connectivity index (χ1n) is 8.98. The number of hydrogen-bond donors (Lipinski definition) is 1. The molecule has 1 aliphatic rings. The lowest BCUT2D eigenvalue weighted by molar-refractivity contribution is -0.137. The lowest BCUT2D eigenvalue weighted by Gasteiger charge is -2.15. The second-order valence-corrected chi connectivity index (χ2v) is 6.72. The van der Waals surface area contributed by atoms with Gasteiger partial charge in [0.15, 0.2) is 0 Å². The molecule has 154 valence electrons. The predicted molar refractivity (Wildman–Crippen MR) is 99.8 cm³/mol. The van der Waals surface area contributed by atoms with Crippen molar-refractivity contribution in [3.05, 3.63) is 71.6 Å². The highest BCUT2D eigenvalue weighted by molar-refractivity contribution is 6.03. The Morgan fingerprint density at radius 1 is 1.10 bits per heavy atom. The number of alkyl halides is 3. The monoisotopic (exact) mass is 416 g/mol. The highest BCUT2D eigenvalue weighted by Gasteiger charge is 2.35. The molecule has 1 saturated heterocycles. The van der Waals surface area contributed by atoms with Crippen LogP contribution in [0.25, 0.3) is 0 Å². The largest absolute Gasteiger partial charge is 0.416 e. The van der Waals surface area contributed by atoms with Crippen LogP contribution in [0.4, 0.5) is 24.9 Å². The number of para-hydroxylation sites is 1. The van der Waals surface area contributed by atoms with Crippen LogP contribution in [-0.4, -0.2) is 28.6 Å². The van der Waals surface area contributed by atoms with Crippen LogP contribution in [0.2, 0.25) is 0 Å². The van der Waals surface area contributed by atoms with E-state index in [1.54, 1.807) is 4.90 Å². The summed E-state index contributed by atoms with van der Waals surface area (Å²) in [5, 5.41) is 9.88. The third-order valence-electron chi connectivity index (χ3n) is 4.66. The van der Waals surface area contributed by atoms with E-state index in [4.69, 9.17) is 4.42 Å². The van der Waals surface area contributed by atoms with Crippen molar-refractivity contribution in [2.24, 2.45) is 0 Å². The van der Waals surface area contributed by atoms with Crippen molar-refractivity contribution in [2.45, 2.75) is 18.5 Å². The fourth-order valence-corrected chi connectivity index (χ4v) is 3.19.